The Balaban J connectivity index is 0. The second kappa shape index (κ2) is 14.3. The van der Waals surface area contributed by atoms with Crippen molar-refractivity contribution in [2.45, 2.75) is 73.3 Å². The SMILES string of the molecule is CCCCC(CC)CN(C)C.CCN(CC)C(C)C. The topological polar surface area (TPSA) is 6.48 Å². The van der Waals surface area contributed by atoms with E-state index in [0.717, 1.165) is 5.92 Å². The lowest BCUT2D eigenvalue weighted by Gasteiger charge is -2.21. The molecule has 0 saturated carbocycles. The molecule has 0 bridgehead atoms. The van der Waals surface area contributed by atoms with Crippen LogP contribution in [-0.4, -0.2) is 49.6 Å². The molecule has 1 atom stereocenters. The predicted molar refractivity (Wildman–Crippen MR) is 89.9 cm³/mol. The lowest BCUT2D eigenvalue weighted by atomic mass is 9.99. The van der Waals surface area contributed by atoms with Crippen LogP contribution in [0.15, 0.2) is 0 Å². The Labute approximate surface area is 123 Å². The molecule has 0 fully saturated rings. The first-order valence-electron chi connectivity index (χ1n) is 8.31. The molecule has 0 aliphatic heterocycles. The Morgan fingerprint density at radius 2 is 1.42 bits per heavy atom. The summed E-state index contributed by atoms with van der Waals surface area (Å²) in [5, 5.41) is 0. The van der Waals surface area contributed by atoms with Crippen molar-refractivity contribution < 1.29 is 0 Å². The van der Waals surface area contributed by atoms with E-state index in [4.69, 9.17) is 0 Å². The summed E-state index contributed by atoms with van der Waals surface area (Å²) >= 11 is 0. The molecule has 1 unspecified atom stereocenters. The largest absolute Gasteiger partial charge is 0.309 e. The van der Waals surface area contributed by atoms with E-state index in [2.05, 4.69) is 65.4 Å². The van der Waals surface area contributed by atoms with E-state index >= 15 is 0 Å². The number of unbranched alkanes of at least 4 members (excludes halogenated alkanes) is 1. The van der Waals surface area contributed by atoms with Crippen LogP contribution in [0.3, 0.4) is 0 Å². The molecule has 0 amide bonds. The molecule has 0 aromatic rings. The summed E-state index contributed by atoms with van der Waals surface area (Å²) in [5.74, 6) is 0.921. The fraction of sp³-hybridized carbons (Fsp3) is 1.00. The highest BCUT2D eigenvalue weighted by molar-refractivity contribution is 4.59. The van der Waals surface area contributed by atoms with Crippen molar-refractivity contribution in [2.75, 3.05) is 33.7 Å². The molecule has 0 heterocycles. The van der Waals surface area contributed by atoms with Gasteiger partial charge in [-0.3, -0.25) is 0 Å². The summed E-state index contributed by atoms with van der Waals surface area (Å²) in [7, 11) is 4.32. The maximum absolute atomic E-state index is 2.42. The van der Waals surface area contributed by atoms with Crippen molar-refractivity contribution in [3.8, 4) is 0 Å². The van der Waals surface area contributed by atoms with Crippen LogP contribution in [0, 0.1) is 5.92 Å². The minimum absolute atomic E-state index is 0.713. The van der Waals surface area contributed by atoms with Gasteiger partial charge in [-0.25, -0.2) is 0 Å². The smallest absolute Gasteiger partial charge is 0.00383 e. The second-order valence-electron chi connectivity index (χ2n) is 5.99. The van der Waals surface area contributed by atoms with Crippen molar-refractivity contribution in [2.24, 2.45) is 5.92 Å². The monoisotopic (exact) mass is 272 g/mol. The average Bonchev–Trinajstić information content (AvgIpc) is 2.35. The van der Waals surface area contributed by atoms with Gasteiger partial charge in [-0.2, -0.15) is 0 Å². The Kier molecular flexibility index (Phi) is 16.0. The van der Waals surface area contributed by atoms with Crippen LogP contribution in [-0.2, 0) is 0 Å². The lowest BCUT2D eigenvalue weighted by molar-refractivity contribution is 0.246. The van der Waals surface area contributed by atoms with Crippen molar-refractivity contribution in [3.63, 3.8) is 0 Å². The molecule has 0 aromatic carbocycles. The summed E-state index contributed by atoms with van der Waals surface area (Å²) < 4.78 is 0. The first-order valence-corrected chi connectivity index (χ1v) is 8.31. The van der Waals surface area contributed by atoms with Gasteiger partial charge in [-0.15, -0.1) is 0 Å². The molecule has 0 spiro atoms. The van der Waals surface area contributed by atoms with Gasteiger partial charge in [0.05, 0.1) is 0 Å². The second-order valence-corrected chi connectivity index (χ2v) is 5.99. The first-order chi connectivity index (χ1) is 8.92. The molecule has 2 heteroatoms. The van der Waals surface area contributed by atoms with Gasteiger partial charge in [0, 0.05) is 12.6 Å². The van der Waals surface area contributed by atoms with Gasteiger partial charge in [0.25, 0.3) is 0 Å². The molecule has 0 saturated heterocycles. The number of nitrogens with zero attached hydrogens (tertiary/aromatic N) is 2. The summed E-state index contributed by atoms with van der Waals surface area (Å²) in [6.45, 7) is 17.0. The molecule has 2 nitrogen and oxygen atoms in total. The summed E-state index contributed by atoms with van der Waals surface area (Å²) in [5.41, 5.74) is 0. The quantitative estimate of drug-likeness (QED) is 0.610. The highest BCUT2D eigenvalue weighted by Gasteiger charge is 2.05. The van der Waals surface area contributed by atoms with Crippen LogP contribution >= 0.6 is 0 Å². The zero-order valence-corrected chi connectivity index (χ0v) is 15.0. The summed E-state index contributed by atoms with van der Waals surface area (Å²) in [6, 6.07) is 0.713. The molecule has 118 valence electrons. The zero-order chi connectivity index (χ0) is 15.3. The first kappa shape index (κ1) is 21.2. The molecule has 0 rings (SSSR count). The van der Waals surface area contributed by atoms with Crippen molar-refractivity contribution in [3.05, 3.63) is 0 Å². The molecule has 0 aliphatic carbocycles. The summed E-state index contributed by atoms with van der Waals surface area (Å²) in [4.78, 5) is 4.71. The van der Waals surface area contributed by atoms with Crippen molar-refractivity contribution >= 4 is 0 Å². The third-order valence-electron chi connectivity index (χ3n) is 3.71. The van der Waals surface area contributed by atoms with Gasteiger partial charge < -0.3 is 9.80 Å². The van der Waals surface area contributed by atoms with E-state index in [0.29, 0.717) is 6.04 Å². The number of rotatable bonds is 9. The van der Waals surface area contributed by atoms with Crippen molar-refractivity contribution in [1.29, 1.82) is 0 Å². The third-order valence-corrected chi connectivity index (χ3v) is 3.71. The Morgan fingerprint density at radius 1 is 0.895 bits per heavy atom. The molecular weight excluding hydrogens is 232 g/mol. The van der Waals surface area contributed by atoms with Crippen LogP contribution in [0.25, 0.3) is 0 Å². The van der Waals surface area contributed by atoms with Crippen LogP contribution in [0.2, 0.25) is 0 Å². The number of hydrogen-bond donors (Lipinski definition) is 0. The normalized spacial score (nSPS) is 12.8. The molecule has 0 N–H and O–H groups in total. The van der Waals surface area contributed by atoms with Crippen LogP contribution < -0.4 is 0 Å². The third kappa shape index (κ3) is 14.1. The maximum Gasteiger partial charge on any atom is 0.00383 e. The van der Waals surface area contributed by atoms with Crippen LogP contribution in [0.5, 0.6) is 0 Å². The summed E-state index contributed by atoms with van der Waals surface area (Å²) in [6.07, 6.45) is 5.47. The Morgan fingerprint density at radius 3 is 1.63 bits per heavy atom. The fourth-order valence-corrected chi connectivity index (χ4v) is 2.39. The predicted octanol–water partition coefficient (Wildman–Crippen LogP) is 4.50. The van der Waals surface area contributed by atoms with Crippen LogP contribution in [0.4, 0.5) is 0 Å². The van der Waals surface area contributed by atoms with Crippen LogP contribution in [0.1, 0.15) is 67.2 Å². The van der Waals surface area contributed by atoms with E-state index in [9.17, 15) is 0 Å². The van der Waals surface area contributed by atoms with E-state index in [1.807, 2.05) is 0 Å². The van der Waals surface area contributed by atoms with E-state index < -0.39 is 0 Å². The number of hydrogen-bond acceptors (Lipinski definition) is 2. The highest BCUT2D eigenvalue weighted by Crippen LogP contribution is 2.12. The highest BCUT2D eigenvalue weighted by atomic mass is 15.1. The fourth-order valence-electron chi connectivity index (χ4n) is 2.39. The maximum atomic E-state index is 2.42. The van der Waals surface area contributed by atoms with Gasteiger partial charge >= 0.3 is 0 Å². The van der Waals surface area contributed by atoms with Gasteiger partial charge in [0.15, 0.2) is 0 Å². The van der Waals surface area contributed by atoms with Gasteiger partial charge in [0.1, 0.15) is 0 Å². The minimum atomic E-state index is 0.713. The Hall–Kier alpha value is -0.0800. The van der Waals surface area contributed by atoms with E-state index in [-0.39, 0.29) is 0 Å². The zero-order valence-electron chi connectivity index (χ0n) is 15.0. The van der Waals surface area contributed by atoms with E-state index in [1.54, 1.807) is 0 Å². The average molecular weight is 273 g/mol. The Bertz CT molecular complexity index is 163. The molecule has 0 aromatic heterocycles. The molecule has 19 heavy (non-hydrogen) atoms. The van der Waals surface area contributed by atoms with Crippen molar-refractivity contribution in [1.82, 2.24) is 9.80 Å². The standard InChI is InChI=1S/C10H23N.C7H17N/c1-5-7-8-10(6-2)9-11(3)4;1-5-8(6-2)7(3)4/h10H,5-9H2,1-4H3;7H,5-6H2,1-4H3. The minimum Gasteiger partial charge on any atom is -0.309 e. The van der Waals surface area contributed by atoms with Gasteiger partial charge in [-0.1, -0.05) is 47.0 Å². The van der Waals surface area contributed by atoms with Gasteiger partial charge in [0.2, 0.25) is 0 Å². The van der Waals surface area contributed by atoms with E-state index in [1.165, 1.54) is 45.3 Å². The lowest BCUT2D eigenvalue weighted by Crippen LogP contribution is -2.29. The molecule has 0 aliphatic rings. The van der Waals surface area contributed by atoms with Gasteiger partial charge in [-0.05, 0) is 53.4 Å². The molecular formula is C17H40N2. The molecule has 0 radical (unpaired) electrons.